The molecule has 0 aliphatic rings. The first-order valence-electron chi connectivity index (χ1n) is 13.1. The van der Waals surface area contributed by atoms with Crippen molar-refractivity contribution in [1.29, 1.82) is 0 Å². The summed E-state index contributed by atoms with van der Waals surface area (Å²) in [6.07, 6.45) is 17.8. The number of rotatable bonds is 16. The predicted molar refractivity (Wildman–Crippen MR) is 150 cm³/mol. The van der Waals surface area contributed by atoms with Gasteiger partial charge in [-0.2, -0.15) is 0 Å². The summed E-state index contributed by atoms with van der Waals surface area (Å²) in [6, 6.07) is 10.1. The summed E-state index contributed by atoms with van der Waals surface area (Å²) in [5.74, 6) is 0.216. The van der Waals surface area contributed by atoms with E-state index in [1.807, 2.05) is 12.1 Å². The summed E-state index contributed by atoms with van der Waals surface area (Å²) in [6.45, 7) is 4.50. The number of aryl methyl sites for hydroxylation is 2. The predicted octanol–water partition coefficient (Wildman–Crippen LogP) is 10.6. The van der Waals surface area contributed by atoms with Crippen LogP contribution in [0.4, 0.5) is 0 Å². The molecule has 0 saturated heterocycles. The van der Waals surface area contributed by atoms with Gasteiger partial charge in [-0.05, 0) is 49.4 Å². The molecule has 3 aromatic rings. The Morgan fingerprint density at radius 1 is 0.794 bits per heavy atom. The van der Waals surface area contributed by atoms with Crippen LogP contribution in [0.15, 0.2) is 30.3 Å². The van der Waals surface area contributed by atoms with Crippen LogP contribution in [-0.2, 0) is 12.8 Å². The molecule has 0 spiro atoms. The largest absolute Gasteiger partial charge is 0.422 e. The first-order valence-corrected chi connectivity index (χ1v) is 15.1. The average molecular weight is 519 g/mol. The minimum absolute atomic E-state index is 0.362. The van der Waals surface area contributed by atoms with Crippen LogP contribution in [0.5, 0.6) is 5.75 Å². The molecule has 34 heavy (non-hydrogen) atoms. The van der Waals surface area contributed by atoms with Crippen molar-refractivity contribution in [3.05, 3.63) is 50.7 Å². The van der Waals surface area contributed by atoms with Gasteiger partial charge in [0.2, 0.25) is 0 Å². The van der Waals surface area contributed by atoms with Crippen LogP contribution in [0.3, 0.4) is 0 Å². The van der Waals surface area contributed by atoms with Crippen LogP contribution in [0.1, 0.15) is 111 Å². The molecule has 1 aromatic carbocycles. The van der Waals surface area contributed by atoms with Gasteiger partial charge in [0, 0.05) is 9.58 Å². The molecule has 5 heteroatoms. The SMILES string of the molecule is CCCCCCCCCc1ccc(OC(=O)c2sc3cc(CCCCCCC)sc3c2Cl)cc1. The first-order chi connectivity index (χ1) is 16.6. The molecular formula is C29H39ClO2S2. The van der Waals surface area contributed by atoms with Gasteiger partial charge >= 0.3 is 5.97 Å². The summed E-state index contributed by atoms with van der Waals surface area (Å²) in [4.78, 5) is 14.6. The van der Waals surface area contributed by atoms with Crippen molar-refractivity contribution in [3.8, 4) is 5.75 Å². The molecule has 0 aliphatic carbocycles. The maximum atomic E-state index is 12.8. The van der Waals surface area contributed by atoms with Crippen LogP contribution in [0.25, 0.3) is 9.40 Å². The molecule has 186 valence electrons. The molecule has 0 radical (unpaired) electrons. The molecule has 0 fully saturated rings. The number of unbranched alkanes of at least 4 members (excludes halogenated alkanes) is 10. The van der Waals surface area contributed by atoms with Crippen LogP contribution in [-0.4, -0.2) is 5.97 Å². The van der Waals surface area contributed by atoms with Gasteiger partial charge in [0.05, 0.1) is 9.72 Å². The molecule has 0 unspecified atom stereocenters. The third-order valence-corrected chi connectivity index (χ3v) is 9.34. The summed E-state index contributed by atoms with van der Waals surface area (Å²) in [5, 5.41) is 0.544. The fourth-order valence-electron chi connectivity index (χ4n) is 4.23. The molecule has 0 bridgehead atoms. The van der Waals surface area contributed by atoms with E-state index in [4.69, 9.17) is 16.3 Å². The van der Waals surface area contributed by atoms with Crippen LogP contribution in [0, 0.1) is 0 Å². The molecule has 2 nitrogen and oxygen atoms in total. The highest BCUT2D eigenvalue weighted by atomic mass is 35.5. The zero-order valence-corrected chi connectivity index (χ0v) is 23.2. The number of carbonyl (C=O) groups excluding carboxylic acids is 1. The van der Waals surface area contributed by atoms with Crippen molar-refractivity contribution in [3.63, 3.8) is 0 Å². The lowest BCUT2D eigenvalue weighted by Crippen LogP contribution is -2.07. The van der Waals surface area contributed by atoms with E-state index in [0.717, 1.165) is 22.2 Å². The minimum atomic E-state index is -0.362. The number of fused-ring (bicyclic) bond motifs is 1. The third kappa shape index (κ3) is 8.39. The lowest BCUT2D eigenvalue weighted by Gasteiger charge is -2.06. The van der Waals surface area contributed by atoms with E-state index < -0.39 is 0 Å². The molecule has 0 N–H and O–H groups in total. The Labute approximate surface area is 218 Å². The number of halogens is 1. The molecule has 3 rings (SSSR count). The average Bonchev–Trinajstić information content (AvgIpc) is 3.38. The van der Waals surface area contributed by atoms with Gasteiger partial charge in [-0.3, -0.25) is 0 Å². The number of hydrogen-bond acceptors (Lipinski definition) is 4. The molecule has 2 heterocycles. The highest BCUT2D eigenvalue weighted by Crippen LogP contribution is 2.41. The van der Waals surface area contributed by atoms with E-state index in [0.29, 0.717) is 15.6 Å². The Bertz CT molecular complexity index is 1000. The zero-order valence-electron chi connectivity index (χ0n) is 20.8. The highest BCUT2D eigenvalue weighted by Gasteiger charge is 2.21. The second-order valence-electron chi connectivity index (χ2n) is 9.22. The second kappa shape index (κ2) is 14.9. The van der Waals surface area contributed by atoms with Crippen LogP contribution < -0.4 is 4.74 Å². The van der Waals surface area contributed by atoms with Crippen LogP contribution in [0.2, 0.25) is 5.02 Å². The third-order valence-electron chi connectivity index (χ3n) is 6.27. The normalized spacial score (nSPS) is 11.4. The summed E-state index contributed by atoms with van der Waals surface area (Å²) in [7, 11) is 0. The number of thiophene rings is 2. The van der Waals surface area contributed by atoms with Gasteiger partial charge in [-0.15, -0.1) is 22.7 Å². The van der Waals surface area contributed by atoms with E-state index in [1.165, 1.54) is 98.8 Å². The zero-order chi connectivity index (χ0) is 24.2. The molecule has 0 atom stereocenters. The Morgan fingerprint density at radius 3 is 2.00 bits per heavy atom. The molecule has 0 aliphatic heterocycles. The number of hydrogen-bond donors (Lipinski definition) is 0. The number of carbonyl (C=O) groups is 1. The maximum absolute atomic E-state index is 12.8. The van der Waals surface area contributed by atoms with E-state index in [1.54, 1.807) is 11.3 Å². The van der Waals surface area contributed by atoms with Gasteiger partial charge in [0.25, 0.3) is 0 Å². The van der Waals surface area contributed by atoms with Gasteiger partial charge in [-0.1, -0.05) is 102 Å². The minimum Gasteiger partial charge on any atom is -0.422 e. The fourth-order valence-corrected chi connectivity index (χ4v) is 7.06. The Kier molecular flexibility index (Phi) is 11.9. The Hall–Kier alpha value is -1.36. The monoisotopic (exact) mass is 518 g/mol. The summed E-state index contributed by atoms with van der Waals surface area (Å²) >= 11 is 9.76. The van der Waals surface area contributed by atoms with Crippen molar-refractivity contribution in [2.75, 3.05) is 0 Å². The van der Waals surface area contributed by atoms with Crippen LogP contribution >= 0.6 is 34.3 Å². The Morgan fingerprint density at radius 2 is 1.38 bits per heavy atom. The maximum Gasteiger partial charge on any atom is 0.355 e. The van der Waals surface area contributed by atoms with Gasteiger partial charge in [-0.25, -0.2) is 4.79 Å². The van der Waals surface area contributed by atoms with Gasteiger partial charge in [0.15, 0.2) is 0 Å². The lowest BCUT2D eigenvalue weighted by atomic mass is 10.0. The van der Waals surface area contributed by atoms with Crippen molar-refractivity contribution in [1.82, 2.24) is 0 Å². The number of ether oxygens (including phenoxy) is 1. The molecular weight excluding hydrogens is 480 g/mol. The number of esters is 1. The van der Waals surface area contributed by atoms with Crippen molar-refractivity contribution >= 4 is 49.6 Å². The molecule has 0 saturated carbocycles. The van der Waals surface area contributed by atoms with Gasteiger partial charge in [0.1, 0.15) is 10.6 Å². The van der Waals surface area contributed by atoms with Crippen molar-refractivity contribution in [2.45, 2.75) is 104 Å². The lowest BCUT2D eigenvalue weighted by molar-refractivity contribution is 0.0740. The highest BCUT2D eigenvalue weighted by molar-refractivity contribution is 7.29. The van der Waals surface area contributed by atoms with E-state index >= 15 is 0 Å². The van der Waals surface area contributed by atoms with E-state index in [2.05, 4.69) is 32.0 Å². The number of benzene rings is 1. The van der Waals surface area contributed by atoms with Crippen molar-refractivity contribution < 1.29 is 9.53 Å². The molecule has 0 amide bonds. The topological polar surface area (TPSA) is 26.3 Å². The summed E-state index contributed by atoms with van der Waals surface area (Å²) in [5.41, 5.74) is 1.30. The Balaban J connectivity index is 1.46. The standard InChI is InChI=1S/C29H39ClO2S2/c1-3-5-7-9-10-12-13-15-22-17-19-23(20-18-22)32-29(31)28-26(30)27-25(34-28)21-24(33-27)16-14-11-8-6-4-2/h17-21H,3-16H2,1-2H3. The van der Waals surface area contributed by atoms with Gasteiger partial charge < -0.3 is 4.74 Å². The first kappa shape index (κ1) is 27.2. The fraction of sp³-hybridized carbons (Fsp3) is 0.552. The van der Waals surface area contributed by atoms with E-state index in [-0.39, 0.29) is 5.97 Å². The molecule has 2 aromatic heterocycles. The van der Waals surface area contributed by atoms with Crippen molar-refractivity contribution in [2.24, 2.45) is 0 Å². The second-order valence-corrected chi connectivity index (χ2v) is 11.8. The van der Waals surface area contributed by atoms with E-state index in [9.17, 15) is 4.79 Å². The quantitative estimate of drug-likeness (QED) is 0.107. The summed E-state index contributed by atoms with van der Waals surface area (Å²) < 4.78 is 7.75. The smallest absolute Gasteiger partial charge is 0.355 e.